The molecule has 52 heavy (non-hydrogen) atoms. The molecule has 0 radical (unpaired) electrons. The second kappa shape index (κ2) is 12.5. The molecule has 0 atom stereocenters. The fourth-order valence-electron chi connectivity index (χ4n) is 7.54. The van der Waals surface area contributed by atoms with Crippen LogP contribution in [0.2, 0.25) is 0 Å². The molecule has 10 rings (SSSR count). The average molecular weight is 664 g/mol. The van der Waals surface area contributed by atoms with Crippen LogP contribution in [0.15, 0.2) is 205 Å². The Morgan fingerprint density at radius 2 is 0.769 bits per heavy atom. The predicted octanol–water partition coefficient (Wildman–Crippen LogP) is 14.4. The number of fused-ring (bicyclic) bond motifs is 5. The third-order valence-electron chi connectivity index (χ3n) is 10.2. The van der Waals surface area contributed by atoms with Gasteiger partial charge < -0.3 is 9.32 Å². The van der Waals surface area contributed by atoms with Crippen LogP contribution in [0.4, 0.5) is 17.1 Å². The van der Waals surface area contributed by atoms with Gasteiger partial charge in [-0.25, -0.2) is 0 Å². The molecule has 0 aliphatic carbocycles. The molecule has 0 spiro atoms. The van der Waals surface area contributed by atoms with E-state index in [-0.39, 0.29) is 0 Å². The summed E-state index contributed by atoms with van der Waals surface area (Å²) < 4.78 is 6.21. The molecule has 0 N–H and O–H groups in total. The van der Waals surface area contributed by atoms with Gasteiger partial charge in [0, 0.05) is 27.8 Å². The van der Waals surface area contributed by atoms with E-state index in [2.05, 4.69) is 193 Å². The van der Waals surface area contributed by atoms with Crippen LogP contribution in [0, 0.1) is 0 Å². The zero-order valence-corrected chi connectivity index (χ0v) is 28.4. The number of anilines is 3. The lowest BCUT2D eigenvalue weighted by Crippen LogP contribution is -2.10. The van der Waals surface area contributed by atoms with Gasteiger partial charge in [0.25, 0.3) is 0 Å². The number of benzene rings is 9. The van der Waals surface area contributed by atoms with Gasteiger partial charge in [0.15, 0.2) is 0 Å². The highest BCUT2D eigenvalue weighted by Crippen LogP contribution is 2.41. The summed E-state index contributed by atoms with van der Waals surface area (Å²) in [7, 11) is 0. The molecule has 9 aromatic carbocycles. The molecule has 2 nitrogen and oxygen atoms in total. The van der Waals surface area contributed by atoms with Gasteiger partial charge in [-0.05, 0) is 122 Å². The van der Waals surface area contributed by atoms with E-state index in [1.807, 2.05) is 12.1 Å². The van der Waals surface area contributed by atoms with Crippen LogP contribution >= 0.6 is 0 Å². The van der Waals surface area contributed by atoms with Crippen molar-refractivity contribution in [2.24, 2.45) is 0 Å². The maximum absolute atomic E-state index is 6.21. The van der Waals surface area contributed by atoms with Gasteiger partial charge in [0.05, 0.1) is 0 Å². The van der Waals surface area contributed by atoms with Gasteiger partial charge in [0.1, 0.15) is 11.2 Å². The normalized spacial score (nSPS) is 11.5. The van der Waals surface area contributed by atoms with Crippen molar-refractivity contribution in [1.82, 2.24) is 0 Å². The van der Waals surface area contributed by atoms with E-state index in [9.17, 15) is 0 Å². The Bertz CT molecular complexity index is 2910. The van der Waals surface area contributed by atoms with Crippen molar-refractivity contribution in [3.05, 3.63) is 200 Å². The molecule has 0 aliphatic heterocycles. The van der Waals surface area contributed by atoms with E-state index in [1.54, 1.807) is 0 Å². The third-order valence-corrected chi connectivity index (χ3v) is 10.2. The summed E-state index contributed by atoms with van der Waals surface area (Å²) in [5.41, 5.74) is 12.3. The van der Waals surface area contributed by atoms with E-state index in [0.29, 0.717) is 0 Å². The number of rotatable bonds is 6. The van der Waals surface area contributed by atoms with Crippen LogP contribution in [0.3, 0.4) is 0 Å². The second-order valence-electron chi connectivity index (χ2n) is 13.4. The summed E-state index contributed by atoms with van der Waals surface area (Å²) in [6.45, 7) is 0. The standard InChI is InChI=1S/C50H33NO/c1-3-10-34(11-4-1)37-14-9-15-44(31-37)51(46-26-27-50-48(33-46)47-16-7-8-17-49(47)52-50)45-25-24-41-28-39(22-23-42(41)32-45)40-21-19-36-18-20-38(29-43(36)30-40)35-12-5-2-6-13-35/h1-33H. The Morgan fingerprint density at radius 3 is 1.52 bits per heavy atom. The van der Waals surface area contributed by atoms with Gasteiger partial charge in [-0.3, -0.25) is 0 Å². The van der Waals surface area contributed by atoms with Crippen molar-refractivity contribution in [2.45, 2.75) is 0 Å². The molecule has 0 unspecified atom stereocenters. The Kier molecular flexibility index (Phi) is 7.18. The SMILES string of the molecule is c1ccc(-c2cccc(N(c3ccc4cc(-c5ccc6ccc(-c7ccccc7)cc6c5)ccc4c3)c3ccc4oc5ccccc5c4c3)c2)cc1. The lowest BCUT2D eigenvalue weighted by atomic mass is 9.96. The molecule has 0 fully saturated rings. The maximum Gasteiger partial charge on any atom is 0.135 e. The van der Waals surface area contributed by atoms with Crippen molar-refractivity contribution in [3.8, 4) is 33.4 Å². The molecule has 0 saturated carbocycles. The first-order chi connectivity index (χ1) is 25.7. The minimum absolute atomic E-state index is 0.888. The summed E-state index contributed by atoms with van der Waals surface area (Å²) >= 11 is 0. The number of hydrogen-bond acceptors (Lipinski definition) is 2. The molecule has 10 aromatic rings. The molecule has 1 heterocycles. The molecular weight excluding hydrogens is 631 g/mol. The third kappa shape index (κ3) is 5.39. The molecule has 2 heteroatoms. The van der Waals surface area contributed by atoms with E-state index in [0.717, 1.165) is 39.0 Å². The van der Waals surface area contributed by atoms with Crippen molar-refractivity contribution in [3.63, 3.8) is 0 Å². The Hall–Kier alpha value is -6.90. The monoisotopic (exact) mass is 663 g/mol. The van der Waals surface area contributed by atoms with Crippen molar-refractivity contribution in [2.75, 3.05) is 4.90 Å². The summed E-state index contributed by atoms with van der Waals surface area (Å²) in [6, 6.07) is 71.9. The quantitative estimate of drug-likeness (QED) is 0.176. The lowest BCUT2D eigenvalue weighted by Gasteiger charge is -2.26. The first kappa shape index (κ1) is 30.0. The smallest absolute Gasteiger partial charge is 0.135 e. The van der Waals surface area contributed by atoms with Gasteiger partial charge >= 0.3 is 0 Å². The molecule has 0 bridgehead atoms. The van der Waals surface area contributed by atoms with Crippen LogP contribution in [-0.2, 0) is 0 Å². The largest absolute Gasteiger partial charge is 0.456 e. The predicted molar refractivity (Wildman–Crippen MR) is 220 cm³/mol. The van der Waals surface area contributed by atoms with Crippen LogP contribution in [-0.4, -0.2) is 0 Å². The van der Waals surface area contributed by atoms with Crippen LogP contribution in [0.25, 0.3) is 76.9 Å². The van der Waals surface area contributed by atoms with Gasteiger partial charge in [-0.1, -0.05) is 133 Å². The van der Waals surface area contributed by atoms with E-state index in [1.165, 1.54) is 54.9 Å². The summed E-state index contributed by atoms with van der Waals surface area (Å²) in [5.74, 6) is 0. The summed E-state index contributed by atoms with van der Waals surface area (Å²) in [6.07, 6.45) is 0. The Morgan fingerprint density at radius 1 is 0.269 bits per heavy atom. The minimum atomic E-state index is 0.888. The molecule has 1 aromatic heterocycles. The first-order valence-corrected chi connectivity index (χ1v) is 17.7. The van der Waals surface area contributed by atoms with Crippen LogP contribution < -0.4 is 4.90 Å². The molecule has 244 valence electrons. The molecule has 0 saturated heterocycles. The van der Waals surface area contributed by atoms with Gasteiger partial charge in [-0.2, -0.15) is 0 Å². The maximum atomic E-state index is 6.21. The number of furan rings is 1. The fraction of sp³-hybridized carbons (Fsp3) is 0. The lowest BCUT2D eigenvalue weighted by molar-refractivity contribution is 0.669. The topological polar surface area (TPSA) is 16.4 Å². The number of hydrogen-bond donors (Lipinski definition) is 0. The van der Waals surface area contributed by atoms with E-state index >= 15 is 0 Å². The minimum Gasteiger partial charge on any atom is -0.456 e. The second-order valence-corrected chi connectivity index (χ2v) is 13.4. The van der Waals surface area contributed by atoms with Gasteiger partial charge in [-0.15, -0.1) is 0 Å². The zero-order chi connectivity index (χ0) is 34.4. The van der Waals surface area contributed by atoms with E-state index in [4.69, 9.17) is 4.42 Å². The fourth-order valence-corrected chi connectivity index (χ4v) is 7.54. The molecular formula is C50H33NO. The van der Waals surface area contributed by atoms with E-state index < -0.39 is 0 Å². The van der Waals surface area contributed by atoms with Crippen molar-refractivity contribution in [1.29, 1.82) is 0 Å². The van der Waals surface area contributed by atoms with Gasteiger partial charge in [0.2, 0.25) is 0 Å². The average Bonchev–Trinajstić information content (AvgIpc) is 3.59. The highest BCUT2D eigenvalue weighted by molar-refractivity contribution is 6.07. The zero-order valence-electron chi connectivity index (χ0n) is 28.4. The summed E-state index contributed by atoms with van der Waals surface area (Å²) in [5, 5.41) is 7.10. The first-order valence-electron chi connectivity index (χ1n) is 17.7. The number of para-hydroxylation sites is 1. The van der Waals surface area contributed by atoms with Crippen LogP contribution in [0.1, 0.15) is 0 Å². The van der Waals surface area contributed by atoms with Crippen LogP contribution in [0.5, 0.6) is 0 Å². The summed E-state index contributed by atoms with van der Waals surface area (Å²) in [4.78, 5) is 2.36. The number of nitrogens with zero attached hydrogens (tertiary/aromatic N) is 1. The Balaban J connectivity index is 1.07. The highest BCUT2D eigenvalue weighted by atomic mass is 16.3. The Labute approximate surface area is 302 Å². The van der Waals surface area contributed by atoms with Crippen molar-refractivity contribution >= 4 is 60.5 Å². The highest BCUT2D eigenvalue weighted by Gasteiger charge is 2.17. The molecule has 0 aliphatic rings. The molecule has 0 amide bonds. The van der Waals surface area contributed by atoms with Crippen molar-refractivity contribution < 1.29 is 4.42 Å².